The van der Waals surface area contributed by atoms with Gasteiger partial charge in [0.25, 0.3) is 0 Å². The third kappa shape index (κ3) is 7.13. The summed E-state index contributed by atoms with van der Waals surface area (Å²) in [7, 11) is 0. The molecule has 3 fully saturated rings. The molecule has 14 heteroatoms. The van der Waals surface area contributed by atoms with E-state index in [2.05, 4.69) is 21.7 Å². The van der Waals surface area contributed by atoms with Crippen molar-refractivity contribution >= 4 is 36.1 Å². The molecular weight excluding hydrogens is 641 g/mol. The Morgan fingerprint density at radius 3 is 2.33 bits per heavy atom. The SMILES string of the molecule is C=Nc1cc(F)c(-c2cnc(N3C[C@H]4CC[C@@H](C3)C4C(=O)O)nc2)cc1N1CCN(C(=O)OC(C)(C)C)C[C@@H]1c1ccccc1OC(F)F. The van der Waals surface area contributed by atoms with Gasteiger partial charge in [-0.15, -0.1) is 0 Å². The summed E-state index contributed by atoms with van der Waals surface area (Å²) >= 11 is 0. The Morgan fingerprint density at radius 2 is 1.71 bits per heavy atom. The van der Waals surface area contributed by atoms with Crippen LogP contribution in [0.4, 0.5) is 35.3 Å². The van der Waals surface area contributed by atoms with Gasteiger partial charge >= 0.3 is 18.7 Å². The summed E-state index contributed by atoms with van der Waals surface area (Å²) in [6.45, 7) is 7.43. The van der Waals surface area contributed by atoms with Gasteiger partial charge in [0.1, 0.15) is 17.2 Å². The van der Waals surface area contributed by atoms with Gasteiger partial charge in [0.15, 0.2) is 0 Å². The molecular formula is C35H39F3N6O5. The van der Waals surface area contributed by atoms with E-state index in [9.17, 15) is 23.5 Å². The number of carbonyl (C=O) groups excluding carboxylic acids is 1. The van der Waals surface area contributed by atoms with Crippen molar-refractivity contribution in [3.8, 4) is 16.9 Å². The number of nitrogens with zero attached hydrogens (tertiary/aromatic N) is 6. The number of carboxylic acid groups (broad SMARTS) is 1. The highest BCUT2D eigenvalue weighted by Crippen LogP contribution is 2.44. The number of aliphatic carboxylic acids is 1. The first-order valence-corrected chi connectivity index (χ1v) is 16.2. The van der Waals surface area contributed by atoms with E-state index in [4.69, 9.17) is 9.47 Å². The van der Waals surface area contributed by atoms with Crippen LogP contribution in [0.25, 0.3) is 11.1 Å². The summed E-state index contributed by atoms with van der Waals surface area (Å²) in [4.78, 5) is 43.5. The number of rotatable bonds is 8. The number of carbonyl (C=O) groups is 2. The van der Waals surface area contributed by atoms with Crippen LogP contribution >= 0.6 is 0 Å². The van der Waals surface area contributed by atoms with Crippen LogP contribution in [-0.4, -0.2) is 83.7 Å². The molecule has 3 heterocycles. The van der Waals surface area contributed by atoms with Gasteiger partial charge in [-0.3, -0.25) is 9.79 Å². The van der Waals surface area contributed by atoms with Gasteiger partial charge in [0.2, 0.25) is 5.95 Å². The smallest absolute Gasteiger partial charge is 0.410 e. The predicted molar refractivity (Wildman–Crippen MR) is 177 cm³/mol. The summed E-state index contributed by atoms with van der Waals surface area (Å²) in [5.41, 5.74) is 0.904. The van der Waals surface area contributed by atoms with Crippen molar-refractivity contribution in [2.24, 2.45) is 22.7 Å². The first-order chi connectivity index (χ1) is 23.3. The molecule has 11 nitrogen and oxygen atoms in total. The van der Waals surface area contributed by atoms with Crippen LogP contribution in [0.3, 0.4) is 0 Å². The van der Waals surface area contributed by atoms with Gasteiger partial charge < -0.3 is 29.3 Å². The van der Waals surface area contributed by atoms with Crippen LogP contribution in [-0.2, 0) is 9.53 Å². The Labute approximate surface area is 282 Å². The van der Waals surface area contributed by atoms with Crippen molar-refractivity contribution in [1.29, 1.82) is 0 Å². The molecule has 2 bridgehead atoms. The number of carboxylic acids is 1. The van der Waals surface area contributed by atoms with Gasteiger partial charge in [-0.2, -0.15) is 8.78 Å². The summed E-state index contributed by atoms with van der Waals surface area (Å²) < 4.78 is 53.2. The van der Waals surface area contributed by atoms with Crippen molar-refractivity contribution < 1.29 is 37.3 Å². The molecule has 2 saturated heterocycles. The first-order valence-electron chi connectivity index (χ1n) is 16.2. The van der Waals surface area contributed by atoms with Crippen LogP contribution in [0.2, 0.25) is 0 Å². The summed E-state index contributed by atoms with van der Waals surface area (Å²) in [5.74, 6) is -1.26. The monoisotopic (exact) mass is 680 g/mol. The maximum Gasteiger partial charge on any atom is 0.410 e. The second-order valence-electron chi connectivity index (χ2n) is 13.7. The summed E-state index contributed by atoms with van der Waals surface area (Å²) in [6, 6.07) is 8.49. The molecule has 1 aliphatic carbocycles. The van der Waals surface area contributed by atoms with E-state index < -0.39 is 36.1 Å². The van der Waals surface area contributed by atoms with E-state index in [1.54, 1.807) is 45.0 Å². The van der Waals surface area contributed by atoms with E-state index in [1.807, 2.05) is 9.80 Å². The lowest BCUT2D eigenvalue weighted by atomic mass is 9.85. The Balaban J connectivity index is 1.33. The van der Waals surface area contributed by atoms with Gasteiger partial charge in [-0.1, -0.05) is 18.2 Å². The number of aromatic nitrogens is 2. The number of piperidine rings is 1. The standard InChI is InChI=1S/C35H39F3N6O5/c1-35(2,3)49-34(47)42-11-12-44(28(19-42)23-7-5-6-8-29(23)48-32(37)38)27-13-24(25(36)14-26(27)39-4)22-15-40-33(41-16-22)43-17-20-9-10-21(18-43)30(20)31(45)46/h5-8,13-16,20-21,28,30,32H,4,9-12,17-19H2,1-3H3,(H,45,46)/t20-,21+,28-,30?/m1/s1. The molecule has 3 aromatic rings. The number of benzene rings is 2. The minimum atomic E-state index is -3.08. The minimum absolute atomic E-state index is 0.0263. The van der Waals surface area contributed by atoms with Gasteiger partial charge in [-0.25, -0.2) is 19.2 Å². The number of para-hydroxylation sites is 1. The Bertz CT molecular complexity index is 1700. The van der Waals surface area contributed by atoms with Crippen molar-refractivity contribution in [3.05, 3.63) is 60.2 Å². The third-order valence-corrected chi connectivity index (χ3v) is 9.42. The molecule has 0 radical (unpaired) electrons. The number of amides is 1. The number of fused-ring (bicyclic) bond motifs is 2. The second-order valence-corrected chi connectivity index (χ2v) is 13.7. The number of halogens is 3. The Hall–Kier alpha value is -4.88. The predicted octanol–water partition coefficient (Wildman–Crippen LogP) is 6.56. The fourth-order valence-electron chi connectivity index (χ4n) is 7.33. The zero-order valence-electron chi connectivity index (χ0n) is 27.6. The molecule has 1 N–H and O–H groups in total. The lowest BCUT2D eigenvalue weighted by Gasteiger charge is -2.43. The molecule has 1 amide bonds. The number of piperazine rings is 1. The number of hydrogen-bond donors (Lipinski definition) is 1. The quantitative estimate of drug-likeness (QED) is 0.264. The summed E-state index contributed by atoms with van der Waals surface area (Å²) in [5, 5.41) is 9.67. The fourth-order valence-corrected chi connectivity index (χ4v) is 7.33. The number of alkyl halides is 2. The molecule has 3 aliphatic rings. The van der Waals surface area contributed by atoms with Crippen molar-refractivity contribution in [2.45, 2.75) is 51.9 Å². The average molecular weight is 681 g/mol. The highest BCUT2D eigenvalue weighted by Gasteiger charge is 2.46. The number of hydrogen-bond acceptors (Lipinski definition) is 9. The van der Waals surface area contributed by atoms with Crippen LogP contribution in [0.15, 0.2) is 53.8 Å². The maximum atomic E-state index is 15.7. The van der Waals surface area contributed by atoms with Crippen LogP contribution in [0, 0.1) is 23.6 Å². The van der Waals surface area contributed by atoms with Crippen molar-refractivity contribution in [2.75, 3.05) is 42.5 Å². The van der Waals surface area contributed by atoms with E-state index in [0.29, 0.717) is 35.9 Å². The fraction of sp³-hybridized carbons (Fsp3) is 0.457. The van der Waals surface area contributed by atoms with E-state index in [1.165, 1.54) is 29.4 Å². The normalized spacial score (nSPS) is 22.3. The van der Waals surface area contributed by atoms with Crippen LogP contribution in [0.1, 0.15) is 45.2 Å². The molecule has 2 aromatic carbocycles. The number of aliphatic imine (C=N–C) groups is 1. The average Bonchev–Trinajstić information content (AvgIpc) is 3.33. The molecule has 2 aliphatic heterocycles. The zero-order valence-corrected chi connectivity index (χ0v) is 27.6. The summed E-state index contributed by atoms with van der Waals surface area (Å²) in [6.07, 6.45) is 4.20. The van der Waals surface area contributed by atoms with Crippen molar-refractivity contribution in [3.63, 3.8) is 0 Å². The van der Waals surface area contributed by atoms with Gasteiger partial charge in [0, 0.05) is 67.9 Å². The lowest BCUT2D eigenvalue weighted by Crippen LogP contribution is -2.51. The largest absolute Gasteiger partial charge is 0.481 e. The number of ether oxygens (including phenoxy) is 2. The van der Waals surface area contributed by atoms with E-state index in [0.717, 1.165) is 12.8 Å². The molecule has 0 spiro atoms. The molecule has 1 saturated carbocycles. The second kappa shape index (κ2) is 13.6. The topological polar surface area (TPSA) is 121 Å². The lowest BCUT2D eigenvalue weighted by molar-refractivity contribution is -0.144. The van der Waals surface area contributed by atoms with E-state index >= 15 is 4.39 Å². The van der Waals surface area contributed by atoms with Crippen molar-refractivity contribution in [1.82, 2.24) is 14.9 Å². The maximum absolute atomic E-state index is 15.7. The molecule has 1 aromatic heterocycles. The van der Waals surface area contributed by atoms with E-state index in [-0.39, 0.29) is 54.4 Å². The molecule has 49 heavy (non-hydrogen) atoms. The Kier molecular flexibility index (Phi) is 9.41. The third-order valence-electron chi connectivity index (χ3n) is 9.42. The first kappa shape index (κ1) is 34.0. The molecule has 260 valence electrons. The molecule has 1 unspecified atom stereocenters. The molecule has 4 atom stereocenters. The van der Waals surface area contributed by atoms with Crippen LogP contribution < -0.4 is 14.5 Å². The van der Waals surface area contributed by atoms with Gasteiger partial charge in [0.05, 0.1) is 23.3 Å². The van der Waals surface area contributed by atoms with Gasteiger partial charge in [-0.05, 0) is 64.3 Å². The molecule has 6 rings (SSSR count). The highest BCUT2D eigenvalue weighted by atomic mass is 19.3. The Morgan fingerprint density at radius 1 is 1.04 bits per heavy atom. The number of anilines is 2. The zero-order chi connectivity index (χ0) is 35.0. The highest BCUT2D eigenvalue weighted by molar-refractivity contribution is 5.79. The minimum Gasteiger partial charge on any atom is -0.481 e. The van der Waals surface area contributed by atoms with Crippen LogP contribution in [0.5, 0.6) is 5.75 Å².